The first-order valence-electron chi connectivity index (χ1n) is 10.5. The standard InChI is InChI=1S/C25H22O9/c1-12-17(26)8-13(9-18(12)27)24(31)33-21-6-7-22(16-5-3-2-4-15(16)21)34-25(32)14-10-19(28)23(30)20(29)11-14/h6-11,26-30H,2-5H2,1H3. The molecule has 0 fully saturated rings. The minimum atomic E-state index is -0.853. The van der Waals surface area contributed by atoms with Gasteiger partial charge in [0.2, 0.25) is 0 Å². The molecule has 4 rings (SSSR count). The molecular weight excluding hydrogens is 444 g/mol. The van der Waals surface area contributed by atoms with Crippen LogP contribution in [0.2, 0.25) is 0 Å². The Bertz CT molecular complexity index is 1160. The molecule has 1 aliphatic rings. The number of hydrogen-bond donors (Lipinski definition) is 5. The second kappa shape index (κ2) is 8.86. The monoisotopic (exact) mass is 466 g/mol. The molecule has 0 aliphatic heterocycles. The fourth-order valence-corrected chi connectivity index (χ4v) is 3.83. The van der Waals surface area contributed by atoms with Gasteiger partial charge in [0.1, 0.15) is 23.0 Å². The van der Waals surface area contributed by atoms with E-state index in [4.69, 9.17) is 9.47 Å². The molecule has 34 heavy (non-hydrogen) atoms. The van der Waals surface area contributed by atoms with Crippen molar-refractivity contribution in [1.82, 2.24) is 0 Å². The van der Waals surface area contributed by atoms with Crippen LogP contribution < -0.4 is 9.47 Å². The zero-order chi connectivity index (χ0) is 24.6. The van der Waals surface area contributed by atoms with Crippen molar-refractivity contribution in [2.75, 3.05) is 0 Å². The first-order chi connectivity index (χ1) is 16.2. The van der Waals surface area contributed by atoms with E-state index in [1.807, 2.05) is 0 Å². The van der Waals surface area contributed by atoms with Gasteiger partial charge < -0.3 is 35.0 Å². The van der Waals surface area contributed by atoms with Gasteiger partial charge >= 0.3 is 11.9 Å². The highest BCUT2D eigenvalue weighted by molar-refractivity contribution is 5.93. The summed E-state index contributed by atoms with van der Waals surface area (Å²) in [4.78, 5) is 25.3. The highest BCUT2D eigenvalue weighted by atomic mass is 16.5. The summed E-state index contributed by atoms with van der Waals surface area (Å²) >= 11 is 0. The van der Waals surface area contributed by atoms with Crippen LogP contribution in [0.1, 0.15) is 50.2 Å². The Hall–Kier alpha value is -4.40. The Labute approximate surface area is 194 Å². The lowest BCUT2D eigenvalue weighted by atomic mass is 9.90. The summed E-state index contributed by atoms with van der Waals surface area (Å²) in [6, 6.07) is 7.35. The van der Waals surface area contributed by atoms with Crippen molar-refractivity contribution >= 4 is 11.9 Å². The van der Waals surface area contributed by atoms with Gasteiger partial charge in [0.05, 0.1) is 11.1 Å². The normalized spacial score (nSPS) is 12.6. The van der Waals surface area contributed by atoms with Crippen LogP contribution in [0.25, 0.3) is 0 Å². The lowest BCUT2D eigenvalue weighted by Gasteiger charge is -2.22. The SMILES string of the molecule is Cc1c(O)cc(C(=O)Oc2ccc(OC(=O)c3cc(O)c(O)c(O)c3)c3c2CCCC3)cc1O. The summed E-state index contributed by atoms with van der Waals surface area (Å²) in [6.07, 6.45) is 2.81. The topological polar surface area (TPSA) is 154 Å². The zero-order valence-electron chi connectivity index (χ0n) is 18.2. The summed E-state index contributed by atoms with van der Waals surface area (Å²) in [5.41, 5.74) is 1.45. The van der Waals surface area contributed by atoms with Gasteiger partial charge in [0.25, 0.3) is 0 Å². The van der Waals surface area contributed by atoms with Crippen LogP contribution in [0.3, 0.4) is 0 Å². The third-order valence-electron chi connectivity index (χ3n) is 5.75. The number of fused-ring (bicyclic) bond motifs is 1. The number of aromatic hydroxyl groups is 5. The molecule has 5 N–H and O–H groups in total. The average molecular weight is 466 g/mol. The van der Waals surface area contributed by atoms with Crippen LogP contribution in [-0.2, 0) is 12.8 Å². The fraction of sp³-hybridized carbons (Fsp3) is 0.200. The summed E-state index contributed by atoms with van der Waals surface area (Å²) in [6.45, 7) is 1.51. The highest BCUT2D eigenvalue weighted by Crippen LogP contribution is 2.39. The third kappa shape index (κ3) is 4.27. The molecular formula is C25H22O9. The molecule has 0 radical (unpaired) electrons. The Kier molecular flexibility index (Phi) is 5.93. The average Bonchev–Trinajstić information content (AvgIpc) is 2.81. The molecule has 0 amide bonds. The van der Waals surface area contributed by atoms with Crippen molar-refractivity contribution in [3.8, 4) is 40.2 Å². The van der Waals surface area contributed by atoms with Crippen LogP contribution in [0.4, 0.5) is 0 Å². The van der Waals surface area contributed by atoms with Gasteiger partial charge in [-0.3, -0.25) is 0 Å². The number of carbonyl (C=O) groups is 2. The van der Waals surface area contributed by atoms with E-state index < -0.39 is 29.2 Å². The van der Waals surface area contributed by atoms with Gasteiger partial charge in [0, 0.05) is 16.7 Å². The molecule has 0 bridgehead atoms. The first kappa shape index (κ1) is 22.8. The van der Waals surface area contributed by atoms with Crippen LogP contribution in [0.15, 0.2) is 36.4 Å². The smallest absolute Gasteiger partial charge is 0.343 e. The molecule has 9 nitrogen and oxygen atoms in total. The third-order valence-corrected chi connectivity index (χ3v) is 5.75. The largest absolute Gasteiger partial charge is 0.508 e. The summed E-state index contributed by atoms with van der Waals surface area (Å²) in [7, 11) is 0. The van der Waals surface area contributed by atoms with Crippen molar-refractivity contribution in [1.29, 1.82) is 0 Å². The van der Waals surface area contributed by atoms with E-state index in [0.717, 1.165) is 25.0 Å². The lowest BCUT2D eigenvalue weighted by Crippen LogP contribution is -2.15. The summed E-state index contributed by atoms with van der Waals surface area (Å²) in [5, 5.41) is 48.6. The molecule has 1 aliphatic carbocycles. The molecule has 176 valence electrons. The van der Waals surface area contributed by atoms with E-state index in [2.05, 4.69) is 0 Å². The zero-order valence-corrected chi connectivity index (χ0v) is 18.2. The Morgan fingerprint density at radius 1 is 0.676 bits per heavy atom. The lowest BCUT2D eigenvalue weighted by molar-refractivity contribution is 0.0715. The predicted octanol–water partition coefficient (Wildman–Crippen LogP) is 3.84. The first-order valence-corrected chi connectivity index (χ1v) is 10.5. The van der Waals surface area contributed by atoms with E-state index in [1.165, 1.54) is 31.2 Å². The second-order valence-electron chi connectivity index (χ2n) is 8.01. The molecule has 3 aromatic carbocycles. The maximum Gasteiger partial charge on any atom is 0.343 e. The molecule has 0 saturated heterocycles. The van der Waals surface area contributed by atoms with Crippen LogP contribution in [-0.4, -0.2) is 37.5 Å². The van der Waals surface area contributed by atoms with Gasteiger partial charge in [-0.15, -0.1) is 0 Å². The maximum atomic E-state index is 12.7. The number of phenols is 5. The fourth-order valence-electron chi connectivity index (χ4n) is 3.83. The molecule has 0 saturated carbocycles. The molecule has 0 unspecified atom stereocenters. The molecule has 0 atom stereocenters. The van der Waals surface area contributed by atoms with E-state index in [-0.39, 0.29) is 39.7 Å². The van der Waals surface area contributed by atoms with Crippen molar-refractivity contribution in [3.63, 3.8) is 0 Å². The van der Waals surface area contributed by atoms with Crippen LogP contribution in [0.5, 0.6) is 40.2 Å². The van der Waals surface area contributed by atoms with Crippen molar-refractivity contribution in [2.24, 2.45) is 0 Å². The van der Waals surface area contributed by atoms with Crippen LogP contribution >= 0.6 is 0 Å². The molecule has 0 spiro atoms. The summed E-state index contributed by atoms with van der Waals surface area (Å²) < 4.78 is 11.0. The minimum Gasteiger partial charge on any atom is -0.508 e. The number of ether oxygens (including phenoxy) is 2. The Morgan fingerprint density at radius 2 is 1.06 bits per heavy atom. The number of esters is 2. The minimum absolute atomic E-state index is 0.0207. The predicted molar refractivity (Wildman–Crippen MR) is 119 cm³/mol. The van der Waals surface area contributed by atoms with Crippen molar-refractivity contribution in [2.45, 2.75) is 32.6 Å². The quantitative estimate of drug-likeness (QED) is 0.219. The van der Waals surface area contributed by atoms with Gasteiger partial charge in [-0.2, -0.15) is 0 Å². The number of phenolic OH excluding ortho intramolecular Hbond substituents is 5. The summed E-state index contributed by atoms with van der Waals surface area (Å²) in [5.74, 6) is -3.63. The van der Waals surface area contributed by atoms with Gasteiger partial charge in [-0.25, -0.2) is 9.59 Å². The number of benzene rings is 3. The van der Waals surface area contributed by atoms with E-state index in [1.54, 1.807) is 0 Å². The molecule has 0 heterocycles. The second-order valence-corrected chi connectivity index (χ2v) is 8.01. The number of carbonyl (C=O) groups excluding carboxylic acids is 2. The Morgan fingerprint density at radius 3 is 1.47 bits per heavy atom. The number of rotatable bonds is 4. The van der Waals surface area contributed by atoms with E-state index in [9.17, 15) is 35.1 Å². The molecule has 0 aromatic heterocycles. The molecule has 9 heteroatoms. The van der Waals surface area contributed by atoms with E-state index >= 15 is 0 Å². The van der Waals surface area contributed by atoms with Gasteiger partial charge in [0.15, 0.2) is 17.2 Å². The van der Waals surface area contributed by atoms with Gasteiger partial charge in [-0.05, 0) is 69.0 Å². The highest BCUT2D eigenvalue weighted by Gasteiger charge is 2.24. The van der Waals surface area contributed by atoms with Crippen molar-refractivity contribution < 1.29 is 44.6 Å². The van der Waals surface area contributed by atoms with Gasteiger partial charge in [-0.1, -0.05) is 0 Å². The van der Waals surface area contributed by atoms with Crippen LogP contribution in [0, 0.1) is 6.92 Å². The Balaban J connectivity index is 1.62. The van der Waals surface area contributed by atoms with Crippen molar-refractivity contribution in [3.05, 3.63) is 64.2 Å². The van der Waals surface area contributed by atoms with E-state index in [0.29, 0.717) is 24.0 Å². The number of hydrogen-bond acceptors (Lipinski definition) is 9. The maximum absolute atomic E-state index is 12.7. The molecule has 3 aromatic rings.